The van der Waals surface area contributed by atoms with Crippen LogP contribution in [0.3, 0.4) is 0 Å². The van der Waals surface area contributed by atoms with Crippen molar-refractivity contribution in [2.45, 2.75) is 32.3 Å². The van der Waals surface area contributed by atoms with Gasteiger partial charge in [-0.2, -0.15) is 8.78 Å². The monoisotopic (exact) mass is 586 g/mol. The van der Waals surface area contributed by atoms with Gasteiger partial charge in [0, 0.05) is 0 Å². The van der Waals surface area contributed by atoms with Crippen molar-refractivity contribution in [3.05, 3.63) is 111 Å². The molecule has 0 aliphatic carbocycles. The molecule has 0 atom stereocenters. The molecule has 0 aliphatic heterocycles. The van der Waals surface area contributed by atoms with Crippen LogP contribution in [0.4, 0.5) is 30.7 Å². The fourth-order valence-electron chi connectivity index (χ4n) is 3.97. The zero-order valence-corrected chi connectivity index (χ0v) is 21.7. The minimum atomic E-state index is -4.44. The Hall–Kier alpha value is -3.23. The molecular formula is C29H19Cl2F7O. The number of hydrogen-bond acceptors (Lipinski definition) is 1. The zero-order chi connectivity index (χ0) is 28.5. The zero-order valence-electron chi connectivity index (χ0n) is 20.2. The number of rotatable bonds is 8. The average molecular weight is 587 g/mol. The first-order valence-corrected chi connectivity index (χ1v) is 12.5. The van der Waals surface area contributed by atoms with Crippen LogP contribution < -0.4 is 4.74 Å². The number of unbranched alkanes of at least 4 members (excludes halogenated alkanes) is 1. The van der Waals surface area contributed by atoms with Gasteiger partial charge in [-0.15, -0.1) is 0 Å². The van der Waals surface area contributed by atoms with Crippen molar-refractivity contribution in [3.63, 3.8) is 0 Å². The highest BCUT2D eigenvalue weighted by atomic mass is 35.5. The summed E-state index contributed by atoms with van der Waals surface area (Å²) in [4.78, 5) is 0. The molecule has 4 rings (SSSR count). The first-order valence-electron chi connectivity index (χ1n) is 11.7. The SMILES string of the molecule is CCCCc1ccc(-c2cc(F)c(-c3cc(F)c(OC(F)(F)c4cc(F)c(Cl)c(F)c4)c(Cl)c3)c(F)c2)cc1. The molecule has 0 saturated carbocycles. The molecule has 0 saturated heterocycles. The van der Waals surface area contributed by atoms with E-state index in [1.807, 2.05) is 12.1 Å². The smallest absolute Gasteiger partial charge is 0.424 e. The molecule has 0 heterocycles. The molecular weight excluding hydrogens is 568 g/mol. The third-order valence-corrected chi connectivity index (χ3v) is 6.63. The molecule has 0 radical (unpaired) electrons. The quantitative estimate of drug-likeness (QED) is 0.147. The van der Waals surface area contributed by atoms with Crippen LogP contribution in [-0.2, 0) is 12.5 Å². The lowest BCUT2D eigenvalue weighted by Crippen LogP contribution is -2.23. The number of halogens is 9. The maximum Gasteiger partial charge on any atom is 0.427 e. The van der Waals surface area contributed by atoms with E-state index in [0.29, 0.717) is 11.6 Å². The van der Waals surface area contributed by atoms with Crippen molar-refractivity contribution in [2.24, 2.45) is 0 Å². The lowest BCUT2D eigenvalue weighted by Gasteiger charge is -2.20. The lowest BCUT2D eigenvalue weighted by molar-refractivity contribution is -0.187. The predicted octanol–water partition coefficient (Wildman–Crippen LogP) is 10.5. The number of benzene rings is 4. The van der Waals surface area contributed by atoms with E-state index >= 15 is 8.78 Å². The Morgan fingerprint density at radius 2 is 1.26 bits per heavy atom. The van der Waals surface area contributed by atoms with Crippen LogP contribution in [-0.4, -0.2) is 0 Å². The molecule has 39 heavy (non-hydrogen) atoms. The van der Waals surface area contributed by atoms with E-state index in [4.69, 9.17) is 23.2 Å². The van der Waals surface area contributed by atoms with Gasteiger partial charge in [0.2, 0.25) is 0 Å². The molecule has 204 valence electrons. The Kier molecular flexibility index (Phi) is 8.47. The van der Waals surface area contributed by atoms with E-state index in [1.165, 1.54) is 0 Å². The molecule has 0 amide bonds. The Balaban J connectivity index is 1.64. The summed E-state index contributed by atoms with van der Waals surface area (Å²) in [5.41, 5.74) is -0.434. The Labute approximate surface area is 229 Å². The summed E-state index contributed by atoms with van der Waals surface area (Å²) < 4.78 is 106. The molecule has 4 aromatic carbocycles. The molecule has 4 aromatic rings. The summed E-state index contributed by atoms with van der Waals surface area (Å²) in [6, 6.07) is 11.2. The normalized spacial score (nSPS) is 11.6. The average Bonchev–Trinajstić information content (AvgIpc) is 2.87. The number of ether oxygens (including phenoxy) is 1. The van der Waals surface area contributed by atoms with E-state index in [0.717, 1.165) is 43.0 Å². The van der Waals surface area contributed by atoms with Crippen molar-refractivity contribution in [2.75, 3.05) is 0 Å². The van der Waals surface area contributed by atoms with E-state index in [-0.39, 0.29) is 23.3 Å². The fraction of sp³-hybridized carbons (Fsp3) is 0.172. The summed E-state index contributed by atoms with van der Waals surface area (Å²) in [6.07, 6.45) is -1.52. The van der Waals surface area contributed by atoms with Crippen LogP contribution in [0.2, 0.25) is 10.0 Å². The standard InChI is InChI=1S/C29H19Cl2F7O/c1-2-3-4-15-5-7-16(8-6-15)17-10-21(32)26(22(33)11-17)18-9-20(30)28(25(36)12-18)39-29(37,38)19-13-23(34)27(31)24(35)14-19/h5-14H,2-4H2,1H3. The molecule has 0 N–H and O–H groups in total. The molecule has 0 aromatic heterocycles. The predicted molar refractivity (Wildman–Crippen MR) is 137 cm³/mol. The van der Waals surface area contributed by atoms with Gasteiger partial charge < -0.3 is 4.74 Å². The first-order chi connectivity index (χ1) is 18.4. The number of hydrogen-bond donors (Lipinski definition) is 0. The second-order valence-corrected chi connectivity index (χ2v) is 9.54. The maximum atomic E-state index is 15.1. The van der Waals surface area contributed by atoms with Crippen LogP contribution in [0.25, 0.3) is 22.3 Å². The van der Waals surface area contributed by atoms with Gasteiger partial charge in [0.1, 0.15) is 28.3 Å². The minimum Gasteiger partial charge on any atom is -0.424 e. The van der Waals surface area contributed by atoms with Gasteiger partial charge in [-0.25, -0.2) is 22.0 Å². The maximum absolute atomic E-state index is 15.1. The van der Waals surface area contributed by atoms with Gasteiger partial charge in [0.25, 0.3) is 0 Å². The van der Waals surface area contributed by atoms with Crippen LogP contribution >= 0.6 is 23.2 Å². The number of alkyl halides is 2. The second kappa shape index (κ2) is 11.5. The number of aryl methyl sites for hydroxylation is 1. The van der Waals surface area contributed by atoms with Gasteiger partial charge in [-0.3, -0.25) is 0 Å². The third kappa shape index (κ3) is 6.17. The summed E-state index contributed by atoms with van der Waals surface area (Å²) in [6.45, 7) is 2.07. The van der Waals surface area contributed by atoms with Crippen molar-refractivity contribution >= 4 is 23.2 Å². The second-order valence-electron chi connectivity index (χ2n) is 8.76. The Morgan fingerprint density at radius 1 is 0.692 bits per heavy atom. The largest absolute Gasteiger partial charge is 0.427 e. The Morgan fingerprint density at radius 3 is 1.79 bits per heavy atom. The summed E-state index contributed by atoms with van der Waals surface area (Å²) in [5.74, 6) is -7.74. The van der Waals surface area contributed by atoms with Crippen LogP contribution in [0, 0.1) is 29.1 Å². The molecule has 0 unspecified atom stereocenters. The topological polar surface area (TPSA) is 9.23 Å². The van der Waals surface area contributed by atoms with Gasteiger partial charge in [-0.1, -0.05) is 60.8 Å². The van der Waals surface area contributed by atoms with Crippen molar-refractivity contribution in [3.8, 4) is 28.0 Å². The van der Waals surface area contributed by atoms with Crippen LogP contribution in [0.5, 0.6) is 5.75 Å². The molecule has 0 aliphatic rings. The molecule has 0 spiro atoms. The van der Waals surface area contributed by atoms with Gasteiger partial charge in [-0.05, 0) is 71.5 Å². The fourth-order valence-corrected chi connectivity index (χ4v) is 4.33. The molecule has 1 nitrogen and oxygen atoms in total. The van der Waals surface area contributed by atoms with Crippen molar-refractivity contribution in [1.82, 2.24) is 0 Å². The molecule has 0 bridgehead atoms. The van der Waals surface area contributed by atoms with Crippen molar-refractivity contribution < 1.29 is 35.5 Å². The van der Waals surface area contributed by atoms with Gasteiger partial charge in [0.15, 0.2) is 11.6 Å². The highest BCUT2D eigenvalue weighted by Crippen LogP contribution is 2.41. The summed E-state index contributed by atoms with van der Waals surface area (Å²) in [7, 11) is 0. The highest BCUT2D eigenvalue weighted by molar-refractivity contribution is 6.32. The van der Waals surface area contributed by atoms with E-state index < -0.39 is 62.1 Å². The third-order valence-electron chi connectivity index (χ3n) is 5.99. The highest BCUT2D eigenvalue weighted by Gasteiger charge is 2.38. The minimum absolute atomic E-state index is 0.219. The lowest BCUT2D eigenvalue weighted by atomic mass is 9.97. The van der Waals surface area contributed by atoms with E-state index in [1.54, 1.807) is 12.1 Å². The first kappa shape index (κ1) is 28.8. The summed E-state index contributed by atoms with van der Waals surface area (Å²) in [5, 5.41) is -1.77. The molecule has 0 fully saturated rings. The van der Waals surface area contributed by atoms with Gasteiger partial charge >= 0.3 is 6.11 Å². The van der Waals surface area contributed by atoms with Gasteiger partial charge in [0.05, 0.1) is 16.1 Å². The summed E-state index contributed by atoms with van der Waals surface area (Å²) >= 11 is 11.2. The van der Waals surface area contributed by atoms with E-state index in [9.17, 15) is 22.0 Å². The van der Waals surface area contributed by atoms with Crippen molar-refractivity contribution in [1.29, 1.82) is 0 Å². The van der Waals surface area contributed by atoms with E-state index in [2.05, 4.69) is 11.7 Å². The Bertz CT molecular complexity index is 1450. The van der Waals surface area contributed by atoms with Crippen LogP contribution in [0.1, 0.15) is 30.9 Å². The van der Waals surface area contributed by atoms with Crippen LogP contribution in [0.15, 0.2) is 60.7 Å². The molecule has 10 heteroatoms.